The molecule has 6 bridgehead atoms. The van der Waals surface area contributed by atoms with E-state index < -0.39 is 40.8 Å². The predicted octanol–water partition coefficient (Wildman–Crippen LogP) is 5.60. The van der Waals surface area contributed by atoms with Crippen LogP contribution in [0.25, 0.3) is 33.3 Å². The number of aromatic hydroxyl groups is 1. The number of piperazine rings is 1. The molecule has 4 amide bonds. The van der Waals surface area contributed by atoms with Gasteiger partial charge in [0.15, 0.2) is 0 Å². The number of methoxy groups -OCH3 is 1. The Labute approximate surface area is 377 Å². The monoisotopic (exact) mass is 879 g/mol. The average Bonchev–Trinajstić information content (AvgIpc) is 3.56. The van der Waals surface area contributed by atoms with Gasteiger partial charge in [0.25, 0.3) is 5.91 Å². The van der Waals surface area contributed by atoms with Crippen LogP contribution in [0.4, 0.5) is 4.79 Å². The number of carbonyl (C=O) groups excluding carboxylic acids is 4. The molecule has 3 aliphatic rings. The number of hydrogen-bond donors (Lipinski definition) is 3. The van der Waals surface area contributed by atoms with E-state index in [0.29, 0.717) is 57.6 Å². The minimum atomic E-state index is -1.59. The van der Waals surface area contributed by atoms with Gasteiger partial charge in [-0.05, 0) is 104 Å². The summed E-state index contributed by atoms with van der Waals surface area (Å²) in [6.45, 7) is 15.8. The summed E-state index contributed by atoms with van der Waals surface area (Å²) in [4.78, 5) is 67.4. The first-order chi connectivity index (χ1) is 30.4. The van der Waals surface area contributed by atoms with E-state index in [-0.39, 0.29) is 30.7 Å². The van der Waals surface area contributed by atoms with Gasteiger partial charge in [-0.15, -0.1) is 0 Å². The third kappa shape index (κ3) is 9.62. The predicted molar refractivity (Wildman–Crippen MR) is 246 cm³/mol. The lowest BCUT2D eigenvalue weighted by atomic mass is 9.84. The number of hydrazine groups is 1. The number of urea groups is 1. The summed E-state index contributed by atoms with van der Waals surface area (Å²) < 4.78 is 14.1. The quantitative estimate of drug-likeness (QED) is 0.190. The van der Waals surface area contributed by atoms with Crippen LogP contribution in [0.1, 0.15) is 71.1 Å². The number of cyclic esters (lactones) is 1. The molecule has 64 heavy (non-hydrogen) atoms. The van der Waals surface area contributed by atoms with Crippen LogP contribution in [0.2, 0.25) is 0 Å². The van der Waals surface area contributed by atoms with E-state index in [1.54, 1.807) is 44.3 Å². The number of pyridine rings is 1. The number of phenols is 1. The number of ether oxygens (including phenoxy) is 2. The summed E-state index contributed by atoms with van der Waals surface area (Å²) in [5.74, 6) is -1.69. The highest BCUT2D eigenvalue weighted by Crippen LogP contribution is 2.41. The first-order valence-corrected chi connectivity index (χ1v) is 22.6. The fraction of sp³-hybridized carbons (Fsp3) is 0.531. The second-order valence-corrected chi connectivity index (χ2v) is 19.3. The van der Waals surface area contributed by atoms with Crippen molar-refractivity contribution in [2.24, 2.45) is 11.3 Å². The average molecular weight is 879 g/mol. The lowest BCUT2D eigenvalue weighted by Crippen LogP contribution is -2.67. The van der Waals surface area contributed by atoms with Gasteiger partial charge in [-0.1, -0.05) is 39.8 Å². The maximum absolute atomic E-state index is 15.0. The molecule has 2 aromatic carbocycles. The van der Waals surface area contributed by atoms with Crippen molar-refractivity contribution in [1.29, 1.82) is 0 Å². The topological polar surface area (TPSA) is 162 Å². The van der Waals surface area contributed by atoms with Gasteiger partial charge in [-0.25, -0.2) is 10.2 Å². The maximum atomic E-state index is 15.0. The Morgan fingerprint density at radius 2 is 1.78 bits per heavy atom. The van der Waals surface area contributed by atoms with Gasteiger partial charge in [-0.3, -0.25) is 24.4 Å². The number of phenolic OH excluding ortho intramolecular Hbond substituents is 1. The van der Waals surface area contributed by atoms with Crippen LogP contribution >= 0.6 is 0 Å². The Bertz CT molecular complexity index is 2390. The number of carbonyl (C=O) groups is 4. The fourth-order valence-corrected chi connectivity index (χ4v) is 9.77. The molecule has 0 unspecified atom stereocenters. The molecular formula is C49H66N8O7. The number of hydrogen-bond acceptors (Lipinski definition) is 10. The van der Waals surface area contributed by atoms with Crippen LogP contribution in [0.5, 0.6) is 5.75 Å². The lowest BCUT2D eigenvalue weighted by Gasteiger charge is -2.42. The van der Waals surface area contributed by atoms with Gasteiger partial charge in [-0.2, -0.15) is 0 Å². The van der Waals surface area contributed by atoms with E-state index in [9.17, 15) is 24.3 Å². The molecule has 2 fully saturated rings. The van der Waals surface area contributed by atoms with Crippen molar-refractivity contribution in [3.8, 4) is 28.1 Å². The van der Waals surface area contributed by atoms with E-state index in [0.717, 1.165) is 57.5 Å². The van der Waals surface area contributed by atoms with Crippen molar-refractivity contribution >= 4 is 34.7 Å². The number of fused-ring (bicyclic) bond motifs is 6. The summed E-state index contributed by atoms with van der Waals surface area (Å²) in [6, 6.07) is 11.6. The SMILES string of the molecule is CCn1c(-c2cnccc2COC)c2c3cc(ccc31)-c1cc(O)cc(c1)C[C@](C)(NC(=O)[C@H](C(C)C)N(C)C(=O)N1CCN(C)CC1)C(=O)N1CCC[C@H](N1)C(=O)OCC(C)(C)C2. The van der Waals surface area contributed by atoms with E-state index in [1.807, 2.05) is 45.3 Å². The van der Waals surface area contributed by atoms with Gasteiger partial charge in [0, 0.05) is 94.1 Å². The minimum Gasteiger partial charge on any atom is -0.508 e. The molecule has 15 nitrogen and oxygen atoms in total. The first kappa shape index (κ1) is 46.5. The van der Waals surface area contributed by atoms with Gasteiger partial charge in [0.2, 0.25) is 5.91 Å². The normalized spacial score (nSPS) is 21.4. The van der Waals surface area contributed by atoms with Crippen LogP contribution in [-0.4, -0.2) is 136 Å². The van der Waals surface area contributed by atoms with Crippen molar-refractivity contribution in [3.05, 3.63) is 71.5 Å². The highest BCUT2D eigenvalue weighted by Gasteiger charge is 2.44. The smallest absolute Gasteiger partial charge is 0.324 e. The number of aryl methyl sites for hydroxylation is 1. The number of amides is 4. The number of rotatable bonds is 8. The highest BCUT2D eigenvalue weighted by atomic mass is 16.5. The minimum absolute atomic E-state index is 0.00543. The molecule has 0 aliphatic carbocycles. The lowest BCUT2D eigenvalue weighted by molar-refractivity contribution is -0.157. The van der Waals surface area contributed by atoms with Crippen LogP contribution in [0, 0.1) is 11.3 Å². The molecule has 3 atom stereocenters. The zero-order valence-corrected chi connectivity index (χ0v) is 39.0. The summed E-state index contributed by atoms with van der Waals surface area (Å²) in [5.41, 5.74) is 8.31. The zero-order valence-electron chi connectivity index (χ0n) is 39.0. The summed E-state index contributed by atoms with van der Waals surface area (Å²) in [7, 11) is 5.33. The molecule has 0 radical (unpaired) electrons. The van der Waals surface area contributed by atoms with Crippen molar-refractivity contribution in [2.45, 2.75) is 98.0 Å². The molecular weight excluding hydrogens is 813 g/mol. The van der Waals surface area contributed by atoms with Crippen LogP contribution < -0.4 is 10.7 Å². The number of aromatic nitrogens is 2. The van der Waals surface area contributed by atoms with Crippen LogP contribution in [0.3, 0.4) is 0 Å². The zero-order chi connectivity index (χ0) is 46.1. The molecule has 3 aliphatic heterocycles. The summed E-state index contributed by atoms with van der Waals surface area (Å²) in [5, 5.41) is 16.9. The summed E-state index contributed by atoms with van der Waals surface area (Å²) in [6.07, 6.45) is 5.19. The number of nitrogens with one attached hydrogen (secondary N) is 2. The Hall–Kier alpha value is -5.51. The van der Waals surface area contributed by atoms with Crippen LogP contribution in [0.15, 0.2) is 54.9 Å². The van der Waals surface area contributed by atoms with Gasteiger partial charge < -0.3 is 39.2 Å². The third-order valence-electron chi connectivity index (χ3n) is 13.1. The van der Waals surface area contributed by atoms with E-state index in [1.165, 1.54) is 9.91 Å². The molecule has 2 saturated heterocycles. The van der Waals surface area contributed by atoms with E-state index in [4.69, 9.17) is 9.47 Å². The van der Waals surface area contributed by atoms with Gasteiger partial charge >= 0.3 is 12.0 Å². The van der Waals surface area contributed by atoms with Crippen molar-refractivity contribution in [1.82, 2.24) is 40.0 Å². The van der Waals surface area contributed by atoms with Crippen LogP contribution in [-0.2, 0) is 49.9 Å². The largest absolute Gasteiger partial charge is 0.508 e. The third-order valence-corrected chi connectivity index (χ3v) is 13.1. The molecule has 7 rings (SSSR count). The van der Waals surface area contributed by atoms with Gasteiger partial charge in [0.05, 0.1) is 18.9 Å². The second-order valence-electron chi connectivity index (χ2n) is 19.3. The molecule has 2 aromatic heterocycles. The number of likely N-dealkylation sites (N-methyl/N-ethyl adjacent to an activating group) is 2. The van der Waals surface area contributed by atoms with E-state index in [2.05, 4.69) is 58.1 Å². The van der Waals surface area contributed by atoms with E-state index >= 15 is 0 Å². The molecule has 3 N–H and O–H groups in total. The van der Waals surface area contributed by atoms with Crippen molar-refractivity contribution < 1.29 is 33.8 Å². The van der Waals surface area contributed by atoms with Crippen molar-refractivity contribution in [2.75, 3.05) is 60.5 Å². The fourth-order valence-electron chi connectivity index (χ4n) is 9.77. The Balaban J connectivity index is 1.34. The molecule has 5 heterocycles. The number of nitrogens with zero attached hydrogens (tertiary/aromatic N) is 6. The Morgan fingerprint density at radius 3 is 2.48 bits per heavy atom. The standard InChI is InChI=1S/C49H66N8O7/c1-10-56-41-14-13-33-25-37(41)38(43(56)39-28-50-16-15-34(39)29-63-9)27-48(4,5)30-64-45(60)40-12-11-17-57(52-40)46(61)49(6,26-32-22-35(33)24-36(58)23-32)51-44(59)42(31(2)3)54(8)47(62)55-20-18-53(7)19-21-55/h13-16,22-25,28,31,40,42,52,58H,10-12,17-21,26-27,29-30H2,1-9H3,(H,51,59)/t40-,42-,49-/m0/s1. The molecule has 0 spiro atoms. The molecule has 4 aromatic rings. The molecule has 15 heteroatoms. The Kier molecular flexibility index (Phi) is 13.7. The number of benzene rings is 2. The first-order valence-electron chi connectivity index (χ1n) is 22.6. The molecule has 344 valence electrons. The summed E-state index contributed by atoms with van der Waals surface area (Å²) >= 11 is 0. The Morgan fingerprint density at radius 1 is 1.03 bits per heavy atom. The second kappa shape index (κ2) is 18.9. The van der Waals surface area contributed by atoms with Gasteiger partial charge in [0.1, 0.15) is 23.4 Å². The molecule has 0 saturated carbocycles. The maximum Gasteiger partial charge on any atom is 0.324 e. The van der Waals surface area contributed by atoms with Crippen molar-refractivity contribution in [3.63, 3.8) is 0 Å². The highest BCUT2D eigenvalue weighted by molar-refractivity contribution is 5.96. The number of esters is 1.